The van der Waals surface area contributed by atoms with Crippen LogP contribution in [0.5, 0.6) is 0 Å². The second-order valence-corrected chi connectivity index (χ2v) is 5.75. The van der Waals surface area contributed by atoms with Gasteiger partial charge in [0.25, 0.3) is 0 Å². The number of fused-ring (bicyclic) bond motifs is 1. The lowest BCUT2D eigenvalue weighted by Crippen LogP contribution is -2.45. The zero-order valence-electron chi connectivity index (χ0n) is 10.0. The largest absolute Gasteiger partial charge is 0.324 e. The highest BCUT2D eigenvalue weighted by Gasteiger charge is 2.46. The first-order valence-corrected chi connectivity index (χ1v) is 6.73. The van der Waals surface area contributed by atoms with Crippen molar-refractivity contribution in [2.24, 2.45) is 5.92 Å². The van der Waals surface area contributed by atoms with Crippen LogP contribution in [0.3, 0.4) is 0 Å². The molecule has 0 aromatic carbocycles. The molecule has 1 saturated carbocycles. The fourth-order valence-electron chi connectivity index (χ4n) is 2.81. The van der Waals surface area contributed by atoms with Crippen LogP contribution in [0, 0.1) is 28.6 Å². The molecule has 0 radical (unpaired) electrons. The second kappa shape index (κ2) is 4.32. The first-order chi connectivity index (χ1) is 9.20. The van der Waals surface area contributed by atoms with Crippen LogP contribution in [-0.4, -0.2) is 14.5 Å². The Morgan fingerprint density at radius 1 is 1.47 bits per heavy atom. The summed E-state index contributed by atoms with van der Waals surface area (Å²) in [6, 6.07) is 4.51. The van der Waals surface area contributed by atoms with Crippen LogP contribution < -0.4 is 0 Å². The number of nitriles is 2. The molecule has 94 valence electrons. The van der Waals surface area contributed by atoms with Crippen LogP contribution in [0.15, 0.2) is 23.2 Å². The quantitative estimate of drug-likeness (QED) is 0.853. The summed E-state index contributed by atoms with van der Waals surface area (Å²) in [5, 5.41) is 19.0. The van der Waals surface area contributed by atoms with E-state index in [0.717, 1.165) is 15.5 Å². The predicted molar refractivity (Wildman–Crippen MR) is 71.8 cm³/mol. The van der Waals surface area contributed by atoms with E-state index in [1.807, 2.05) is 10.8 Å². The van der Waals surface area contributed by atoms with Crippen LogP contribution in [-0.2, 0) is 5.54 Å². The molecule has 19 heavy (non-hydrogen) atoms. The van der Waals surface area contributed by atoms with Gasteiger partial charge in [0, 0.05) is 16.9 Å². The molecule has 0 unspecified atom stereocenters. The maximum atomic E-state index is 9.08. The predicted octanol–water partition coefficient (Wildman–Crippen LogP) is 2.74. The van der Waals surface area contributed by atoms with Gasteiger partial charge in [0.1, 0.15) is 12.0 Å². The highest BCUT2D eigenvalue weighted by molar-refractivity contribution is 9.10. The average Bonchev–Trinajstić information content (AvgIpc) is 2.72. The molecule has 2 aromatic heterocycles. The standard InChI is InChI=1S/C13H10BrN5/c14-11-7-19(12-10(11)6-17-8-18-12)13(1-2-15)3-9(4-13)5-16/h6-9H,1,3-4H2/t9-,13-. The molecule has 0 aliphatic heterocycles. The Morgan fingerprint density at radius 3 is 2.95 bits per heavy atom. The minimum Gasteiger partial charge on any atom is -0.324 e. The Labute approximate surface area is 118 Å². The van der Waals surface area contributed by atoms with E-state index < -0.39 is 0 Å². The summed E-state index contributed by atoms with van der Waals surface area (Å²) in [5.74, 6) is 0.0337. The molecule has 0 bridgehead atoms. The van der Waals surface area contributed by atoms with E-state index in [9.17, 15) is 0 Å². The van der Waals surface area contributed by atoms with E-state index in [1.54, 1.807) is 6.20 Å². The van der Waals surface area contributed by atoms with Crippen LogP contribution in [0.4, 0.5) is 0 Å². The Bertz CT molecular complexity index is 715. The SMILES string of the molecule is N#CC[C@]1(n2cc(Br)c3cncnc32)C[C@H](C#N)C1. The van der Waals surface area contributed by atoms with E-state index in [2.05, 4.69) is 38.0 Å². The van der Waals surface area contributed by atoms with E-state index in [0.29, 0.717) is 19.3 Å². The Hall–Kier alpha value is -1.92. The minimum atomic E-state index is -0.298. The van der Waals surface area contributed by atoms with Gasteiger partial charge in [0.05, 0.1) is 35.4 Å². The normalized spacial score (nSPS) is 25.5. The van der Waals surface area contributed by atoms with Crippen LogP contribution in [0.25, 0.3) is 11.0 Å². The third kappa shape index (κ3) is 1.72. The lowest BCUT2D eigenvalue weighted by molar-refractivity contribution is 0.108. The summed E-state index contributed by atoms with van der Waals surface area (Å²) >= 11 is 3.50. The maximum Gasteiger partial charge on any atom is 0.145 e. The second-order valence-electron chi connectivity index (χ2n) is 4.90. The van der Waals surface area contributed by atoms with Crippen LogP contribution >= 0.6 is 15.9 Å². The molecule has 2 heterocycles. The molecule has 6 heteroatoms. The summed E-state index contributed by atoms with van der Waals surface area (Å²) in [5.41, 5.74) is 0.516. The number of rotatable bonds is 2. The molecule has 1 fully saturated rings. The third-order valence-corrected chi connectivity index (χ3v) is 4.41. The topological polar surface area (TPSA) is 78.3 Å². The molecule has 5 nitrogen and oxygen atoms in total. The Morgan fingerprint density at radius 2 is 2.26 bits per heavy atom. The Balaban J connectivity index is 2.13. The number of nitrogens with zero attached hydrogens (tertiary/aromatic N) is 5. The highest BCUT2D eigenvalue weighted by Crippen LogP contribution is 2.48. The first kappa shape index (κ1) is 12.1. The van der Waals surface area contributed by atoms with Gasteiger partial charge in [-0.25, -0.2) is 9.97 Å². The number of aromatic nitrogens is 3. The zero-order valence-corrected chi connectivity index (χ0v) is 11.6. The highest BCUT2D eigenvalue weighted by atomic mass is 79.9. The summed E-state index contributed by atoms with van der Waals surface area (Å²) in [6.07, 6.45) is 7.01. The van der Waals surface area contributed by atoms with Crippen molar-refractivity contribution in [3.05, 3.63) is 23.2 Å². The van der Waals surface area contributed by atoms with Crippen molar-refractivity contribution < 1.29 is 0 Å². The number of halogens is 1. The molecule has 2 aromatic rings. The van der Waals surface area contributed by atoms with Gasteiger partial charge >= 0.3 is 0 Å². The monoisotopic (exact) mass is 315 g/mol. The van der Waals surface area contributed by atoms with E-state index >= 15 is 0 Å². The minimum absolute atomic E-state index is 0.0337. The molecule has 0 spiro atoms. The molecule has 1 aliphatic rings. The smallest absolute Gasteiger partial charge is 0.145 e. The van der Waals surface area contributed by atoms with Gasteiger partial charge in [0.15, 0.2) is 0 Å². The van der Waals surface area contributed by atoms with Gasteiger partial charge in [-0.1, -0.05) is 0 Å². The fourth-order valence-corrected chi connectivity index (χ4v) is 3.30. The molecule has 0 saturated heterocycles. The van der Waals surface area contributed by atoms with E-state index in [4.69, 9.17) is 10.5 Å². The van der Waals surface area contributed by atoms with Gasteiger partial charge < -0.3 is 4.57 Å². The van der Waals surface area contributed by atoms with Crippen molar-refractivity contribution in [1.82, 2.24) is 14.5 Å². The van der Waals surface area contributed by atoms with Gasteiger partial charge in [-0.15, -0.1) is 0 Å². The summed E-state index contributed by atoms with van der Waals surface area (Å²) < 4.78 is 2.95. The molecule has 3 rings (SSSR count). The average molecular weight is 316 g/mol. The van der Waals surface area contributed by atoms with Crippen LogP contribution in [0.1, 0.15) is 19.3 Å². The lowest BCUT2D eigenvalue weighted by Gasteiger charge is -2.45. The molecule has 0 atom stereocenters. The molecular weight excluding hydrogens is 306 g/mol. The van der Waals surface area contributed by atoms with Crippen molar-refractivity contribution in [2.45, 2.75) is 24.8 Å². The van der Waals surface area contributed by atoms with Crippen molar-refractivity contribution in [2.75, 3.05) is 0 Å². The molecular formula is C13H10BrN5. The Kier molecular flexibility index (Phi) is 2.76. The van der Waals surface area contributed by atoms with Gasteiger partial charge in [-0.3, -0.25) is 0 Å². The van der Waals surface area contributed by atoms with Crippen molar-refractivity contribution in [3.8, 4) is 12.1 Å². The third-order valence-electron chi connectivity index (χ3n) is 3.77. The van der Waals surface area contributed by atoms with Crippen molar-refractivity contribution in [3.63, 3.8) is 0 Å². The van der Waals surface area contributed by atoms with Crippen molar-refractivity contribution >= 4 is 27.0 Å². The maximum absolute atomic E-state index is 9.08. The van der Waals surface area contributed by atoms with E-state index in [-0.39, 0.29) is 11.5 Å². The van der Waals surface area contributed by atoms with Gasteiger partial charge in [0.2, 0.25) is 0 Å². The van der Waals surface area contributed by atoms with Crippen LogP contribution in [0.2, 0.25) is 0 Å². The summed E-state index contributed by atoms with van der Waals surface area (Å²) in [6.45, 7) is 0. The van der Waals surface area contributed by atoms with Gasteiger partial charge in [-0.2, -0.15) is 10.5 Å². The van der Waals surface area contributed by atoms with Gasteiger partial charge in [-0.05, 0) is 28.8 Å². The molecule has 0 N–H and O–H groups in total. The summed E-state index contributed by atoms with van der Waals surface area (Å²) in [4.78, 5) is 8.33. The molecule has 0 amide bonds. The first-order valence-electron chi connectivity index (χ1n) is 5.94. The summed E-state index contributed by atoms with van der Waals surface area (Å²) in [7, 11) is 0. The van der Waals surface area contributed by atoms with E-state index in [1.165, 1.54) is 6.33 Å². The lowest BCUT2D eigenvalue weighted by atomic mass is 9.67. The molecule has 1 aliphatic carbocycles. The number of hydrogen-bond donors (Lipinski definition) is 0. The number of hydrogen-bond acceptors (Lipinski definition) is 4. The zero-order chi connectivity index (χ0) is 13.5. The van der Waals surface area contributed by atoms with Crippen molar-refractivity contribution in [1.29, 1.82) is 10.5 Å². The fraction of sp³-hybridized carbons (Fsp3) is 0.385.